The quantitative estimate of drug-likeness (QED) is 0.284. The zero-order valence-electron chi connectivity index (χ0n) is 23.8. The lowest BCUT2D eigenvalue weighted by Gasteiger charge is -2.20. The maximum Gasteiger partial charge on any atom is 0.418 e. The molecule has 4 rings (SSSR count). The second kappa shape index (κ2) is 12.2. The van der Waals surface area contributed by atoms with Crippen molar-refractivity contribution < 1.29 is 41.4 Å². The molecule has 1 amide bonds. The van der Waals surface area contributed by atoms with E-state index < -0.39 is 52.4 Å². The highest BCUT2D eigenvalue weighted by atomic mass is 19.4. The predicted octanol–water partition coefficient (Wildman–Crippen LogP) is 5.32. The number of hydrogen-bond donors (Lipinski definition) is 3. The van der Waals surface area contributed by atoms with Crippen molar-refractivity contribution >= 4 is 17.6 Å². The molecule has 3 N–H and O–H groups in total. The molecule has 230 valence electrons. The van der Waals surface area contributed by atoms with Crippen molar-refractivity contribution in [3.05, 3.63) is 85.8 Å². The van der Waals surface area contributed by atoms with Gasteiger partial charge in [-0.15, -0.1) is 0 Å². The standard InChI is InChI=1S/C30H30F5N3O5/c1-5-14(2)36-17-9-22(31)26(23(32)10-17)27(39)37-24(29(41)42)8-16-6-7-18(20-13-43-12-19(16)20)25-15(3)21(30(33,34)35)11-38(4)28(25)40/h6-7,9-11,14,24,36H,5,8,12-13H2,1-4H3,(H,37,39)(H,41,42)/t14-,24-/m0/s1. The van der Waals surface area contributed by atoms with Crippen molar-refractivity contribution in [2.24, 2.45) is 7.05 Å². The third-order valence-corrected chi connectivity index (χ3v) is 7.55. The molecule has 0 aliphatic carbocycles. The number of anilines is 1. The summed E-state index contributed by atoms with van der Waals surface area (Å²) in [6.45, 7) is 4.82. The Bertz CT molecular complexity index is 1630. The average Bonchev–Trinajstić information content (AvgIpc) is 3.41. The van der Waals surface area contributed by atoms with Crippen LogP contribution in [-0.4, -0.2) is 33.6 Å². The van der Waals surface area contributed by atoms with Crippen molar-refractivity contribution in [3.8, 4) is 11.1 Å². The third kappa shape index (κ3) is 6.41. The van der Waals surface area contributed by atoms with E-state index in [9.17, 15) is 41.4 Å². The summed E-state index contributed by atoms with van der Waals surface area (Å²) in [6, 6.07) is 3.04. The Hall–Kier alpha value is -4.26. The van der Waals surface area contributed by atoms with E-state index in [-0.39, 0.29) is 48.1 Å². The van der Waals surface area contributed by atoms with Crippen LogP contribution in [0.25, 0.3) is 11.1 Å². The van der Waals surface area contributed by atoms with Gasteiger partial charge in [0.15, 0.2) is 0 Å². The van der Waals surface area contributed by atoms with Crippen LogP contribution in [0.1, 0.15) is 58.4 Å². The van der Waals surface area contributed by atoms with Crippen LogP contribution >= 0.6 is 0 Å². The molecule has 2 atom stereocenters. The number of amides is 1. The van der Waals surface area contributed by atoms with Gasteiger partial charge in [0, 0.05) is 31.4 Å². The van der Waals surface area contributed by atoms with E-state index in [0.29, 0.717) is 23.1 Å². The molecule has 2 aromatic carbocycles. The number of carboxylic acids is 1. The number of nitrogens with zero attached hydrogens (tertiary/aromatic N) is 1. The highest BCUT2D eigenvalue weighted by molar-refractivity contribution is 5.97. The number of hydrogen-bond acceptors (Lipinski definition) is 5. The van der Waals surface area contributed by atoms with E-state index in [1.165, 1.54) is 26.1 Å². The van der Waals surface area contributed by atoms with Crippen molar-refractivity contribution in [3.63, 3.8) is 0 Å². The van der Waals surface area contributed by atoms with Crippen LogP contribution in [-0.2, 0) is 42.4 Å². The molecule has 1 aliphatic rings. The highest BCUT2D eigenvalue weighted by Crippen LogP contribution is 2.38. The lowest BCUT2D eigenvalue weighted by Crippen LogP contribution is -2.43. The number of pyridine rings is 1. The summed E-state index contributed by atoms with van der Waals surface area (Å²) in [6.07, 6.45) is -3.63. The van der Waals surface area contributed by atoms with Gasteiger partial charge in [-0.2, -0.15) is 13.2 Å². The van der Waals surface area contributed by atoms with E-state index >= 15 is 0 Å². The number of aliphatic carboxylic acids is 1. The molecule has 8 nitrogen and oxygen atoms in total. The summed E-state index contributed by atoms with van der Waals surface area (Å²) in [5.74, 6) is -5.11. The number of aromatic nitrogens is 1. The normalized spacial score (nSPS) is 14.3. The molecule has 3 aromatic rings. The van der Waals surface area contributed by atoms with Crippen LogP contribution in [0.4, 0.5) is 27.6 Å². The zero-order valence-corrected chi connectivity index (χ0v) is 23.8. The van der Waals surface area contributed by atoms with Gasteiger partial charge < -0.3 is 25.0 Å². The minimum absolute atomic E-state index is 0.0228. The fraction of sp³-hybridized carbons (Fsp3) is 0.367. The first-order chi connectivity index (χ1) is 20.1. The molecule has 0 unspecified atom stereocenters. The summed E-state index contributed by atoms with van der Waals surface area (Å²) >= 11 is 0. The van der Waals surface area contributed by atoms with Crippen molar-refractivity contribution in [2.45, 2.75) is 65.1 Å². The fourth-order valence-electron chi connectivity index (χ4n) is 5.10. The fourth-order valence-corrected chi connectivity index (χ4v) is 5.10. The van der Waals surface area contributed by atoms with Crippen LogP contribution in [0.2, 0.25) is 0 Å². The van der Waals surface area contributed by atoms with Crippen LogP contribution < -0.4 is 16.2 Å². The number of aryl methyl sites for hydroxylation is 1. The number of carbonyl (C=O) groups is 2. The third-order valence-electron chi connectivity index (χ3n) is 7.55. The predicted molar refractivity (Wildman–Crippen MR) is 148 cm³/mol. The molecule has 43 heavy (non-hydrogen) atoms. The molecule has 0 fully saturated rings. The van der Waals surface area contributed by atoms with Gasteiger partial charge in [0.05, 0.1) is 24.3 Å². The smallest absolute Gasteiger partial charge is 0.418 e. The molecule has 1 aliphatic heterocycles. The van der Waals surface area contributed by atoms with Crippen LogP contribution in [0.3, 0.4) is 0 Å². The van der Waals surface area contributed by atoms with Crippen molar-refractivity contribution in [2.75, 3.05) is 5.32 Å². The van der Waals surface area contributed by atoms with Crippen LogP contribution in [0.5, 0.6) is 0 Å². The Kier molecular flexibility index (Phi) is 8.95. The van der Waals surface area contributed by atoms with Gasteiger partial charge in [0.2, 0.25) is 0 Å². The Morgan fingerprint density at radius 3 is 2.33 bits per heavy atom. The number of nitrogens with one attached hydrogen (secondary N) is 2. The highest BCUT2D eigenvalue weighted by Gasteiger charge is 2.36. The molecular formula is C30H30F5N3O5. The van der Waals surface area contributed by atoms with Crippen LogP contribution in [0, 0.1) is 18.6 Å². The summed E-state index contributed by atoms with van der Waals surface area (Å²) in [5.41, 5.74) is -1.42. The molecule has 0 radical (unpaired) electrons. The Morgan fingerprint density at radius 2 is 1.74 bits per heavy atom. The monoisotopic (exact) mass is 607 g/mol. The van der Waals surface area contributed by atoms with Gasteiger partial charge in [0.25, 0.3) is 11.5 Å². The van der Waals surface area contributed by atoms with Gasteiger partial charge in [0.1, 0.15) is 23.2 Å². The Morgan fingerprint density at radius 1 is 1.12 bits per heavy atom. The lowest BCUT2D eigenvalue weighted by molar-refractivity contribution is -0.139. The molecule has 2 heterocycles. The minimum Gasteiger partial charge on any atom is -0.480 e. The number of fused-ring (bicyclic) bond motifs is 1. The van der Waals surface area contributed by atoms with E-state index in [2.05, 4.69) is 10.6 Å². The maximum atomic E-state index is 14.8. The number of carboxylic acid groups (broad SMARTS) is 1. The molecule has 0 spiro atoms. The topological polar surface area (TPSA) is 110 Å². The molecule has 13 heteroatoms. The Balaban J connectivity index is 1.67. The van der Waals surface area contributed by atoms with Gasteiger partial charge in [-0.05, 0) is 60.2 Å². The molecule has 0 saturated carbocycles. The van der Waals surface area contributed by atoms with E-state index in [0.717, 1.165) is 22.9 Å². The van der Waals surface area contributed by atoms with Crippen molar-refractivity contribution in [1.29, 1.82) is 0 Å². The second-order valence-electron chi connectivity index (χ2n) is 10.5. The number of rotatable bonds is 9. The van der Waals surface area contributed by atoms with Gasteiger partial charge in [-0.25, -0.2) is 13.6 Å². The summed E-state index contributed by atoms with van der Waals surface area (Å²) in [5, 5.41) is 14.9. The van der Waals surface area contributed by atoms with E-state index in [4.69, 9.17) is 4.74 Å². The second-order valence-corrected chi connectivity index (χ2v) is 10.5. The number of halogens is 5. The number of alkyl halides is 3. The zero-order chi connectivity index (χ0) is 31.8. The first-order valence-corrected chi connectivity index (χ1v) is 13.4. The summed E-state index contributed by atoms with van der Waals surface area (Å²) in [4.78, 5) is 37.9. The first-order valence-electron chi connectivity index (χ1n) is 13.4. The van der Waals surface area contributed by atoms with E-state index in [1.807, 2.05) is 13.8 Å². The molecule has 1 aromatic heterocycles. The van der Waals surface area contributed by atoms with Crippen LogP contribution in [0.15, 0.2) is 35.3 Å². The lowest BCUT2D eigenvalue weighted by atomic mass is 9.89. The van der Waals surface area contributed by atoms with Gasteiger partial charge in [-0.1, -0.05) is 19.1 Å². The maximum absolute atomic E-state index is 14.8. The number of benzene rings is 2. The van der Waals surface area contributed by atoms with Gasteiger partial charge >= 0.3 is 12.1 Å². The Labute approximate surface area is 243 Å². The minimum atomic E-state index is -4.71. The SMILES string of the molecule is CC[C@H](C)Nc1cc(F)c(C(=O)N[C@@H](Cc2ccc(-c3c(C)c(C(F)(F)F)cn(C)c3=O)c3c2COC3)C(=O)O)c(F)c1. The van der Waals surface area contributed by atoms with E-state index in [1.54, 1.807) is 0 Å². The molecule has 0 saturated heterocycles. The largest absolute Gasteiger partial charge is 0.480 e. The molecular weight excluding hydrogens is 577 g/mol. The van der Waals surface area contributed by atoms with Gasteiger partial charge in [-0.3, -0.25) is 9.59 Å². The van der Waals surface area contributed by atoms with Crippen molar-refractivity contribution in [1.82, 2.24) is 9.88 Å². The number of ether oxygens (including phenoxy) is 1. The summed E-state index contributed by atoms with van der Waals surface area (Å²) < 4.78 is 77.0. The molecule has 0 bridgehead atoms. The first kappa shape index (κ1) is 31.7. The average molecular weight is 608 g/mol. The number of carbonyl (C=O) groups excluding carboxylic acids is 1. The summed E-state index contributed by atoms with van der Waals surface area (Å²) in [7, 11) is 1.22.